The van der Waals surface area contributed by atoms with Gasteiger partial charge in [-0.05, 0) is 33.1 Å². The Morgan fingerprint density at radius 1 is 0.848 bits per heavy atom. The molecule has 33 heavy (non-hydrogen) atoms. The van der Waals surface area contributed by atoms with Crippen LogP contribution in [0.4, 0.5) is 0 Å². The molecule has 0 heterocycles. The molecule has 0 aromatic heterocycles. The molecule has 0 spiro atoms. The number of carbonyl (C=O) groups excluding carboxylic acids is 5. The lowest BCUT2D eigenvalue weighted by molar-refractivity contribution is -0.135. The van der Waals surface area contributed by atoms with Gasteiger partial charge in [0.15, 0.2) is 0 Å². The topological polar surface area (TPSA) is 218 Å². The Labute approximate surface area is 191 Å². The fourth-order valence-electron chi connectivity index (χ4n) is 3.55. The van der Waals surface area contributed by atoms with Gasteiger partial charge in [-0.1, -0.05) is 0 Å². The highest BCUT2D eigenvalue weighted by molar-refractivity contribution is 7.86. The number of rotatable bonds is 12. The van der Waals surface area contributed by atoms with E-state index in [9.17, 15) is 40.8 Å². The summed E-state index contributed by atoms with van der Waals surface area (Å²) in [6.07, 6.45) is -0.876. The zero-order valence-electron chi connectivity index (χ0n) is 18.1. The monoisotopic (exact) mass is 512 g/mol. The van der Waals surface area contributed by atoms with E-state index in [1.807, 2.05) is 5.32 Å². The van der Waals surface area contributed by atoms with E-state index < -0.39 is 86.1 Å². The van der Waals surface area contributed by atoms with Gasteiger partial charge in [0.1, 0.15) is 29.3 Å². The first-order valence-corrected chi connectivity index (χ1v) is 13.2. The predicted molar refractivity (Wildman–Crippen MR) is 113 cm³/mol. The Hall–Kier alpha value is -2.23. The Morgan fingerprint density at radius 3 is 1.76 bits per heavy atom. The lowest BCUT2D eigenvalue weighted by Crippen LogP contribution is -2.51. The minimum absolute atomic E-state index is 0.112. The van der Waals surface area contributed by atoms with Crippen molar-refractivity contribution in [2.45, 2.75) is 52.0 Å². The van der Waals surface area contributed by atoms with Crippen molar-refractivity contribution in [3.63, 3.8) is 0 Å². The minimum Gasteiger partial charge on any atom is -0.344 e. The van der Waals surface area contributed by atoms with E-state index in [0.29, 0.717) is 6.42 Å². The molecular formula is C18H28N2O11S2. The number of hydrogen-bond acceptors (Lipinski definition) is 9. The van der Waals surface area contributed by atoms with E-state index in [1.165, 1.54) is 13.8 Å². The maximum Gasteiger partial charge on any atom is 0.283 e. The summed E-state index contributed by atoms with van der Waals surface area (Å²) in [5, 5.41) is 4.13. The van der Waals surface area contributed by atoms with Gasteiger partial charge >= 0.3 is 0 Å². The molecule has 0 saturated heterocycles. The van der Waals surface area contributed by atoms with Gasteiger partial charge in [-0.15, -0.1) is 0 Å². The molecule has 13 nitrogen and oxygen atoms in total. The predicted octanol–water partition coefficient (Wildman–Crippen LogP) is -1.12. The van der Waals surface area contributed by atoms with Crippen LogP contribution in [0, 0.1) is 17.8 Å². The third-order valence-corrected chi connectivity index (χ3v) is 6.59. The van der Waals surface area contributed by atoms with Crippen molar-refractivity contribution in [2.24, 2.45) is 17.8 Å². The first kappa shape index (κ1) is 28.8. The van der Waals surface area contributed by atoms with Crippen LogP contribution < -0.4 is 10.6 Å². The van der Waals surface area contributed by atoms with Crippen LogP contribution in [0.3, 0.4) is 0 Å². The van der Waals surface area contributed by atoms with E-state index in [4.69, 9.17) is 9.11 Å². The molecule has 0 bridgehead atoms. The van der Waals surface area contributed by atoms with Crippen LogP contribution in [-0.4, -0.2) is 72.8 Å². The minimum atomic E-state index is -4.61. The van der Waals surface area contributed by atoms with Crippen molar-refractivity contribution in [3.05, 3.63) is 0 Å². The van der Waals surface area contributed by atoms with E-state index in [0.717, 1.165) is 0 Å². The molecule has 1 saturated carbocycles. The molecule has 0 radical (unpaired) electrons. The highest BCUT2D eigenvalue weighted by atomic mass is 32.2. The van der Waals surface area contributed by atoms with Crippen LogP contribution in [0.25, 0.3) is 0 Å². The van der Waals surface area contributed by atoms with Gasteiger partial charge in [-0.25, -0.2) is 0 Å². The molecule has 2 amide bonds. The normalized spacial score (nSPS) is 22.1. The van der Waals surface area contributed by atoms with Gasteiger partial charge < -0.3 is 10.6 Å². The molecule has 188 valence electrons. The first-order chi connectivity index (χ1) is 15.0. The number of nitrogens with one attached hydrogen (secondary N) is 2. The maximum atomic E-state index is 12.8. The highest BCUT2D eigenvalue weighted by Crippen LogP contribution is 2.34. The summed E-state index contributed by atoms with van der Waals surface area (Å²) in [4.78, 5) is 60.9. The molecule has 0 aromatic carbocycles. The average molecular weight is 513 g/mol. The molecule has 15 heteroatoms. The number of amides is 2. The SMILES string of the molecule is CC(=O)[C@@H]1CC(C(=O)NC(CC(=O)CCS(=O)(=O)O)C(=O)NCS(=O)(=O)O)C[C@H](C(C)=O)C1. The van der Waals surface area contributed by atoms with Crippen LogP contribution >= 0.6 is 0 Å². The Morgan fingerprint density at radius 2 is 1.33 bits per heavy atom. The summed E-state index contributed by atoms with van der Waals surface area (Å²) >= 11 is 0. The van der Waals surface area contributed by atoms with Crippen molar-refractivity contribution in [1.82, 2.24) is 10.6 Å². The number of Topliss-reactive ketones (excluding diaryl/α,β-unsaturated/α-hetero) is 3. The van der Waals surface area contributed by atoms with Gasteiger partial charge in [-0.3, -0.25) is 33.1 Å². The number of hydrogen-bond donors (Lipinski definition) is 4. The number of carbonyl (C=O) groups is 5. The van der Waals surface area contributed by atoms with E-state index in [1.54, 1.807) is 0 Å². The van der Waals surface area contributed by atoms with Gasteiger partial charge in [0.05, 0.1) is 5.75 Å². The zero-order chi connectivity index (χ0) is 25.6. The van der Waals surface area contributed by atoms with Gasteiger partial charge in [0.2, 0.25) is 11.8 Å². The second-order valence-corrected chi connectivity index (χ2v) is 11.2. The first-order valence-electron chi connectivity index (χ1n) is 9.99. The molecule has 4 N–H and O–H groups in total. The van der Waals surface area contributed by atoms with Crippen molar-refractivity contribution in [2.75, 3.05) is 11.6 Å². The summed E-state index contributed by atoms with van der Waals surface area (Å²) < 4.78 is 61.0. The van der Waals surface area contributed by atoms with Crippen LogP contribution in [0.2, 0.25) is 0 Å². The molecule has 1 aliphatic carbocycles. The summed E-state index contributed by atoms with van der Waals surface area (Å²) in [6, 6.07) is -1.62. The molecule has 1 fully saturated rings. The van der Waals surface area contributed by atoms with Crippen molar-refractivity contribution in [1.29, 1.82) is 0 Å². The number of ketones is 3. The second-order valence-electron chi connectivity index (χ2n) is 8.13. The standard InChI is InChI=1S/C18H28N2O11S2/c1-10(21)12-5-13(11(2)22)7-14(6-12)17(24)20-16(18(25)19-9-33(29,30)31)8-15(23)3-4-32(26,27)28/h12-14,16H,3-9H2,1-2H3,(H,19,25)(H,20,24)(H,26,27,28)(H,29,30,31)/t12-,13+,14?,16?. The highest BCUT2D eigenvalue weighted by Gasteiger charge is 2.38. The summed E-state index contributed by atoms with van der Waals surface area (Å²) in [7, 11) is -9.07. The molecule has 1 rings (SSSR count). The lowest BCUT2D eigenvalue weighted by atomic mass is 9.72. The summed E-state index contributed by atoms with van der Waals surface area (Å²) in [5.74, 6) is -7.17. The van der Waals surface area contributed by atoms with Gasteiger partial charge in [0, 0.05) is 30.6 Å². The average Bonchev–Trinajstić information content (AvgIpc) is 2.68. The Bertz CT molecular complexity index is 982. The largest absolute Gasteiger partial charge is 0.344 e. The smallest absolute Gasteiger partial charge is 0.283 e. The maximum absolute atomic E-state index is 12.8. The van der Waals surface area contributed by atoms with Crippen LogP contribution in [0.15, 0.2) is 0 Å². The van der Waals surface area contributed by atoms with Crippen molar-refractivity contribution >= 4 is 49.4 Å². The van der Waals surface area contributed by atoms with Crippen molar-refractivity contribution < 1.29 is 49.9 Å². The second kappa shape index (κ2) is 11.8. The van der Waals surface area contributed by atoms with Crippen LogP contribution in [0.5, 0.6) is 0 Å². The quantitative estimate of drug-likeness (QED) is 0.229. The van der Waals surface area contributed by atoms with E-state index in [2.05, 4.69) is 5.32 Å². The molecule has 1 aliphatic rings. The van der Waals surface area contributed by atoms with Crippen molar-refractivity contribution in [3.8, 4) is 0 Å². The fourth-order valence-corrected chi connectivity index (χ4v) is 4.36. The Balaban J connectivity index is 3.00. The molecule has 4 atom stereocenters. The summed E-state index contributed by atoms with van der Waals surface area (Å²) in [5.41, 5.74) is 0. The lowest BCUT2D eigenvalue weighted by Gasteiger charge is -2.32. The van der Waals surface area contributed by atoms with Crippen LogP contribution in [-0.2, 0) is 44.2 Å². The van der Waals surface area contributed by atoms with Gasteiger partial charge in [0.25, 0.3) is 20.2 Å². The molecular weight excluding hydrogens is 484 g/mol. The third-order valence-electron chi connectivity index (χ3n) is 5.36. The fraction of sp³-hybridized carbons (Fsp3) is 0.722. The van der Waals surface area contributed by atoms with Gasteiger partial charge in [-0.2, -0.15) is 16.8 Å². The van der Waals surface area contributed by atoms with Crippen LogP contribution in [0.1, 0.15) is 46.0 Å². The summed E-state index contributed by atoms with van der Waals surface area (Å²) in [6.45, 7) is 2.67. The van der Waals surface area contributed by atoms with E-state index in [-0.39, 0.29) is 24.4 Å². The Kier molecular flexibility index (Phi) is 10.3. The third kappa shape index (κ3) is 11.0. The molecule has 0 aliphatic heterocycles. The zero-order valence-corrected chi connectivity index (χ0v) is 19.8. The van der Waals surface area contributed by atoms with E-state index >= 15 is 0 Å². The molecule has 2 unspecified atom stereocenters. The molecule has 0 aromatic rings.